The lowest BCUT2D eigenvalue weighted by molar-refractivity contribution is 0.0933. The highest BCUT2D eigenvalue weighted by molar-refractivity contribution is 8.93. The topological polar surface area (TPSA) is 79.5 Å². The molecule has 2 saturated heterocycles. The van der Waals surface area contributed by atoms with E-state index in [1.807, 2.05) is 12.1 Å². The summed E-state index contributed by atoms with van der Waals surface area (Å²) in [5.41, 5.74) is 7.59. The molecule has 8 heteroatoms. The monoisotopic (exact) mass is 546 g/mol. The number of amides is 1. The van der Waals surface area contributed by atoms with Gasteiger partial charge >= 0.3 is 0 Å². The highest BCUT2D eigenvalue weighted by Crippen LogP contribution is 2.33. The van der Waals surface area contributed by atoms with Crippen molar-refractivity contribution in [1.82, 2.24) is 10.2 Å². The van der Waals surface area contributed by atoms with Gasteiger partial charge < -0.3 is 30.2 Å². The summed E-state index contributed by atoms with van der Waals surface area (Å²) >= 11 is 0. The number of rotatable bonds is 4. The summed E-state index contributed by atoms with van der Waals surface area (Å²) in [6.07, 6.45) is 2.94. The van der Waals surface area contributed by atoms with E-state index in [2.05, 4.69) is 58.3 Å². The molecule has 0 unspecified atom stereocenters. The smallest absolute Gasteiger partial charge is 0.251 e. The van der Waals surface area contributed by atoms with E-state index in [9.17, 15) is 4.79 Å². The largest absolute Gasteiger partial charge is 0.412 e. The molecule has 0 bridgehead atoms. The van der Waals surface area contributed by atoms with Crippen LogP contribution in [0.4, 0.5) is 11.4 Å². The van der Waals surface area contributed by atoms with E-state index in [0.717, 1.165) is 83.0 Å². The molecule has 2 aromatic rings. The second kappa shape index (κ2) is 12.2. The van der Waals surface area contributed by atoms with Gasteiger partial charge in [0.1, 0.15) is 0 Å². The van der Waals surface area contributed by atoms with E-state index < -0.39 is 0 Å². The third kappa shape index (κ3) is 6.17. The molecule has 0 aromatic heterocycles. The first-order chi connectivity index (χ1) is 16.1. The number of piperazine rings is 1. The van der Waals surface area contributed by atoms with Crippen LogP contribution in [0.15, 0.2) is 36.4 Å². The van der Waals surface area contributed by atoms with Gasteiger partial charge in [-0.25, -0.2) is 0 Å². The molecule has 5 rings (SSSR count). The number of halogens is 1. The van der Waals surface area contributed by atoms with Crippen molar-refractivity contribution < 1.29 is 15.0 Å². The summed E-state index contributed by atoms with van der Waals surface area (Å²) in [6.45, 7) is 9.90. The average molecular weight is 548 g/mol. The van der Waals surface area contributed by atoms with Crippen LogP contribution in [-0.2, 0) is 17.6 Å². The van der Waals surface area contributed by atoms with Crippen LogP contribution in [0.5, 0.6) is 0 Å². The lowest BCUT2D eigenvalue weighted by Crippen LogP contribution is -2.45. The number of hydrogen-bond acceptors (Lipinski definition) is 5. The van der Waals surface area contributed by atoms with Gasteiger partial charge in [0.25, 0.3) is 5.91 Å². The molecule has 1 atom stereocenters. The number of ether oxygens (including phenoxy) is 1. The van der Waals surface area contributed by atoms with Crippen molar-refractivity contribution in [2.75, 3.05) is 69.3 Å². The number of hydrogen-bond donors (Lipinski definition) is 1. The summed E-state index contributed by atoms with van der Waals surface area (Å²) in [4.78, 5) is 20.3. The molecular formula is C27H39BrN4O3. The number of carbonyl (C=O) groups excluding carboxylic acids is 1. The van der Waals surface area contributed by atoms with Crippen molar-refractivity contribution >= 4 is 34.3 Å². The van der Waals surface area contributed by atoms with Crippen LogP contribution in [0.3, 0.4) is 0 Å². The molecule has 0 saturated carbocycles. The third-order valence-corrected chi connectivity index (χ3v) is 7.52. The SMILES string of the molecule is Br.Cc1ccc(N2CCN(C)CC2)c2c1CC[C@@H](NC(=O)c1ccc(N3CCOCC3)cc1)C2.O. The summed E-state index contributed by atoms with van der Waals surface area (Å²) in [7, 11) is 2.20. The summed E-state index contributed by atoms with van der Waals surface area (Å²) in [5, 5.41) is 3.33. The Morgan fingerprint density at radius 2 is 1.60 bits per heavy atom. The Morgan fingerprint density at radius 3 is 2.29 bits per heavy atom. The van der Waals surface area contributed by atoms with E-state index in [1.54, 1.807) is 0 Å². The first kappa shape index (κ1) is 27.5. The maximum atomic E-state index is 13.0. The van der Waals surface area contributed by atoms with E-state index in [-0.39, 0.29) is 34.4 Å². The maximum absolute atomic E-state index is 13.0. The lowest BCUT2D eigenvalue weighted by Gasteiger charge is -2.37. The minimum Gasteiger partial charge on any atom is -0.412 e. The standard InChI is InChI=1S/C27H36N4O2.BrH.H2O/c1-20-3-10-26(31-13-11-29(2)12-14-31)25-19-22(6-9-24(20)25)28-27(32)21-4-7-23(8-5-21)30-15-17-33-18-16-30;;/h3-5,7-8,10,22H,6,9,11-19H2,1-2H3,(H,28,32);1H;1H2/t22-;;/m1../s1. The van der Waals surface area contributed by atoms with Gasteiger partial charge in [-0.2, -0.15) is 0 Å². The molecule has 3 N–H and O–H groups in total. The van der Waals surface area contributed by atoms with Crippen molar-refractivity contribution in [3.63, 3.8) is 0 Å². The van der Waals surface area contributed by atoms with Crippen LogP contribution in [-0.4, -0.2) is 81.9 Å². The number of anilines is 2. The first-order valence-corrected chi connectivity index (χ1v) is 12.4. The van der Waals surface area contributed by atoms with Gasteiger partial charge in [-0.3, -0.25) is 4.79 Å². The zero-order chi connectivity index (χ0) is 22.8. The number of nitrogens with zero attached hydrogens (tertiary/aromatic N) is 3. The molecule has 2 fully saturated rings. The normalized spacial score (nSPS) is 20.3. The molecule has 0 radical (unpaired) electrons. The van der Waals surface area contributed by atoms with E-state index in [1.165, 1.54) is 22.4 Å². The average Bonchev–Trinajstić information content (AvgIpc) is 2.86. The Balaban J connectivity index is 0.00000171. The second-order valence-corrected chi connectivity index (χ2v) is 9.71. The number of benzene rings is 2. The van der Waals surface area contributed by atoms with Crippen LogP contribution >= 0.6 is 17.0 Å². The number of carbonyl (C=O) groups is 1. The Kier molecular flexibility index (Phi) is 9.58. The van der Waals surface area contributed by atoms with Crippen molar-refractivity contribution in [3.05, 3.63) is 58.7 Å². The van der Waals surface area contributed by atoms with Gasteiger partial charge in [-0.1, -0.05) is 6.07 Å². The predicted octanol–water partition coefficient (Wildman–Crippen LogP) is 2.62. The van der Waals surface area contributed by atoms with E-state index >= 15 is 0 Å². The molecule has 2 aliphatic heterocycles. The van der Waals surface area contributed by atoms with Gasteiger partial charge in [-0.15, -0.1) is 17.0 Å². The van der Waals surface area contributed by atoms with Gasteiger partial charge in [-0.05, 0) is 80.3 Å². The quantitative estimate of drug-likeness (QED) is 0.637. The fourth-order valence-electron chi connectivity index (χ4n) is 5.42. The summed E-state index contributed by atoms with van der Waals surface area (Å²) < 4.78 is 5.44. The van der Waals surface area contributed by atoms with Crippen molar-refractivity contribution in [2.24, 2.45) is 0 Å². The van der Waals surface area contributed by atoms with Crippen LogP contribution in [0.2, 0.25) is 0 Å². The number of aryl methyl sites for hydroxylation is 1. The van der Waals surface area contributed by atoms with Gasteiger partial charge in [0.05, 0.1) is 13.2 Å². The number of fused-ring (bicyclic) bond motifs is 1. The molecule has 2 heterocycles. The second-order valence-electron chi connectivity index (χ2n) is 9.71. The first-order valence-electron chi connectivity index (χ1n) is 12.4. The fraction of sp³-hybridized carbons (Fsp3) is 0.519. The van der Waals surface area contributed by atoms with E-state index in [0.29, 0.717) is 0 Å². The third-order valence-electron chi connectivity index (χ3n) is 7.52. The number of nitrogens with one attached hydrogen (secondary N) is 1. The molecule has 2 aromatic carbocycles. The molecule has 192 valence electrons. The highest BCUT2D eigenvalue weighted by atomic mass is 79.9. The molecule has 7 nitrogen and oxygen atoms in total. The number of likely N-dealkylation sites (N-methyl/N-ethyl adjacent to an activating group) is 1. The minimum absolute atomic E-state index is 0. The maximum Gasteiger partial charge on any atom is 0.251 e. The minimum atomic E-state index is 0. The van der Waals surface area contributed by atoms with Crippen LogP contribution in [0.1, 0.15) is 33.5 Å². The van der Waals surface area contributed by atoms with Crippen LogP contribution < -0.4 is 15.1 Å². The van der Waals surface area contributed by atoms with Crippen molar-refractivity contribution in [1.29, 1.82) is 0 Å². The fourth-order valence-corrected chi connectivity index (χ4v) is 5.42. The molecular weight excluding hydrogens is 508 g/mol. The van der Waals surface area contributed by atoms with Crippen LogP contribution in [0.25, 0.3) is 0 Å². The van der Waals surface area contributed by atoms with Gasteiger partial charge in [0, 0.05) is 62.2 Å². The molecule has 1 amide bonds. The zero-order valence-corrected chi connectivity index (χ0v) is 22.6. The predicted molar refractivity (Wildman–Crippen MR) is 148 cm³/mol. The Hall–Kier alpha value is -2.13. The molecule has 0 spiro atoms. The summed E-state index contributed by atoms with van der Waals surface area (Å²) in [5.74, 6) is 0.0331. The lowest BCUT2D eigenvalue weighted by atomic mass is 9.84. The molecule has 1 aliphatic carbocycles. The van der Waals surface area contributed by atoms with Gasteiger partial charge in [0.2, 0.25) is 0 Å². The van der Waals surface area contributed by atoms with E-state index in [4.69, 9.17) is 4.74 Å². The Bertz CT molecular complexity index is 987. The Morgan fingerprint density at radius 1 is 0.914 bits per heavy atom. The number of morpholine rings is 1. The van der Waals surface area contributed by atoms with Gasteiger partial charge in [0.15, 0.2) is 0 Å². The van der Waals surface area contributed by atoms with Crippen molar-refractivity contribution in [3.8, 4) is 0 Å². The Labute approximate surface area is 219 Å². The molecule has 3 aliphatic rings. The zero-order valence-electron chi connectivity index (χ0n) is 20.9. The van der Waals surface area contributed by atoms with Crippen molar-refractivity contribution in [2.45, 2.75) is 32.2 Å². The summed E-state index contributed by atoms with van der Waals surface area (Å²) in [6, 6.07) is 12.8. The van der Waals surface area contributed by atoms with Crippen LogP contribution in [0, 0.1) is 6.92 Å². The molecule has 35 heavy (non-hydrogen) atoms. The highest BCUT2D eigenvalue weighted by Gasteiger charge is 2.27.